The minimum Gasteiger partial charge on any atom is -0.378 e. The lowest BCUT2D eigenvalue weighted by Crippen LogP contribution is -2.47. The van der Waals surface area contributed by atoms with Gasteiger partial charge in [0.25, 0.3) is 0 Å². The molecule has 1 saturated heterocycles. The van der Waals surface area contributed by atoms with Gasteiger partial charge in [0.15, 0.2) is 0 Å². The monoisotopic (exact) mass is 242 g/mol. The average molecular weight is 242 g/mol. The topological polar surface area (TPSA) is 41.6 Å². The molecular weight excluding hydrogens is 216 g/mol. The van der Waals surface area contributed by atoms with Crippen molar-refractivity contribution in [3.05, 3.63) is 0 Å². The van der Waals surface area contributed by atoms with E-state index in [1.54, 1.807) is 0 Å². The van der Waals surface area contributed by atoms with E-state index in [1.807, 2.05) is 4.90 Å². The molecule has 4 nitrogen and oxygen atoms in total. The molecule has 0 aromatic rings. The molecule has 100 valence electrons. The van der Waals surface area contributed by atoms with Crippen molar-refractivity contribution in [2.75, 3.05) is 32.8 Å². The summed E-state index contributed by atoms with van der Waals surface area (Å²) in [5.74, 6) is 0.625. The molecule has 1 atom stereocenters. The standard InChI is InChI=1S/C13H26N2O2/c1-3-5-6-12(4-2)11-14-13(16)15-7-9-17-10-8-15/h12H,3-11H2,1-2H3,(H,14,16)/t12-/m1/s1. The molecule has 0 spiro atoms. The number of morpholine rings is 1. The van der Waals surface area contributed by atoms with Gasteiger partial charge < -0.3 is 15.0 Å². The molecule has 0 radical (unpaired) electrons. The molecule has 0 aliphatic carbocycles. The maximum absolute atomic E-state index is 11.9. The van der Waals surface area contributed by atoms with Gasteiger partial charge in [-0.3, -0.25) is 0 Å². The minimum atomic E-state index is 0.0725. The van der Waals surface area contributed by atoms with Crippen LogP contribution in [-0.2, 0) is 4.74 Å². The van der Waals surface area contributed by atoms with Crippen molar-refractivity contribution in [2.45, 2.75) is 39.5 Å². The van der Waals surface area contributed by atoms with Crippen LogP contribution in [0.3, 0.4) is 0 Å². The number of carbonyl (C=O) groups is 1. The Kier molecular flexibility index (Phi) is 7.01. The first-order chi connectivity index (χ1) is 8.27. The van der Waals surface area contributed by atoms with Crippen molar-refractivity contribution in [1.82, 2.24) is 10.2 Å². The van der Waals surface area contributed by atoms with Gasteiger partial charge >= 0.3 is 6.03 Å². The van der Waals surface area contributed by atoms with Gasteiger partial charge in [0.2, 0.25) is 0 Å². The molecule has 0 saturated carbocycles. The Morgan fingerprint density at radius 3 is 2.65 bits per heavy atom. The summed E-state index contributed by atoms with van der Waals surface area (Å²) >= 11 is 0. The highest BCUT2D eigenvalue weighted by Gasteiger charge is 2.17. The maximum Gasteiger partial charge on any atom is 0.317 e. The minimum absolute atomic E-state index is 0.0725. The lowest BCUT2D eigenvalue weighted by molar-refractivity contribution is 0.0529. The van der Waals surface area contributed by atoms with Crippen LogP contribution in [0.15, 0.2) is 0 Å². The van der Waals surface area contributed by atoms with Gasteiger partial charge in [-0.2, -0.15) is 0 Å². The van der Waals surface area contributed by atoms with E-state index < -0.39 is 0 Å². The first-order valence-corrected chi connectivity index (χ1v) is 6.88. The Morgan fingerprint density at radius 2 is 2.06 bits per heavy atom. The zero-order chi connectivity index (χ0) is 12.5. The van der Waals surface area contributed by atoms with E-state index in [-0.39, 0.29) is 6.03 Å². The fourth-order valence-corrected chi connectivity index (χ4v) is 2.05. The van der Waals surface area contributed by atoms with Crippen LogP contribution >= 0.6 is 0 Å². The number of nitrogens with one attached hydrogen (secondary N) is 1. The number of unbranched alkanes of at least 4 members (excludes halogenated alkanes) is 1. The molecule has 1 aliphatic rings. The quantitative estimate of drug-likeness (QED) is 0.776. The summed E-state index contributed by atoms with van der Waals surface area (Å²) in [6, 6.07) is 0.0725. The number of amides is 2. The predicted molar refractivity (Wildman–Crippen MR) is 69.1 cm³/mol. The molecule has 1 N–H and O–H groups in total. The van der Waals surface area contributed by atoms with Crippen LogP contribution in [0.2, 0.25) is 0 Å². The Labute approximate surface area is 105 Å². The molecule has 0 unspecified atom stereocenters. The summed E-state index contributed by atoms with van der Waals surface area (Å²) in [4.78, 5) is 13.7. The summed E-state index contributed by atoms with van der Waals surface area (Å²) in [6.07, 6.45) is 4.85. The zero-order valence-corrected chi connectivity index (χ0v) is 11.2. The summed E-state index contributed by atoms with van der Waals surface area (Å²) in [5.41, 5.74) is 0. The van der Waals surface area contributed by atoms with Crippen molar-refractivity contribution in [3.63, 3.8) is 0 Å². The Hall–Kier alpha value is -0.770. The summed E-state index contributed by atoms with van der Waals surface area (Å²) < 4.78 is 5.23. The molecule has 4 heteroatoms. The van der Waals surface area contributed by atoms with Gasteiger partial charge in [0.05, 0.1) is 13.2 Å². The molecule has 1 aliphatic heterocycles. The van der Waals surface area contributed by atoms with Crippen LogP contribution in [0.4, 0.5) is 4.79 Å². The van der Waals surface area contributed by atoms with Crippen molar-refractivity contribution in [3.8, 4) is 0 Å². The van der Waals surface area contributed by atoms with Gasteiger partial charge in [-0.05, 0) is 12.3 Å². The normalized spacial score (nSPS) is 17.9. The maximum atomic E-state index is 11.9. The Balaban J connectivity index is 2.20. The van der Waals surface area contributed by atoms with Crippen LogP contribution in [0, 0.1) is 5.92 Å². The molecule has 0 aromatic heterocycles. The number of urea groups is 1. The number of ether oxygens (including phenoxy) is 1. The van der Waals surface area contributed by atoms with Crippen molar-refractivity contribution in [2.24, 2.45) is 5.92 Å². The van der Waals surface area contributed by atoms with E-state index in [1.165, 1.54) is 19.3 Å². The van der Waals surface area contributed by atoms with Gasteiger partial charge in [-0.15, -0.1) is 0 Å². The SMILES string of the molecule is CCCC[C@@H](CC)CNC(=O)N1CCOCC1. The van der Waals surface area contributed by atoms with Crippen LogP contribution in [0.25, 0.3) is 0 Å². The van der Waals surface area contributed by atoms with E-state index in [9.17, 15) is 4.79 Å². The number of hydrogen-bond acceptors (Lipinski definition) is 2. The molecule has 0 bridgehead atoms. The molecular formula is C13H26N2O2. The Morgan fingerprint density at radius 1 is 1.35 bits per heavy atom. The average Bonchev–Trinajstić information content (AvgIpc) is 2.39. The third kappa shape index (κ3) is 5.39. The summed E-state index contributed by atoms with van der Waals surface area (Å²) in [5, 5.41) is 3.04. The van der Waals surface area contributed by atoms with E-state index in [2.05, 4.69) is 19.2 Å². The molecule has 17 heavy (non-hydrogen) atoms. The van der Waals surface area contributed by atoms with Crippen LogP contribution in [0.5, 0.6) is 0 Å². The largest absolute Gasteiger partial charge is 0.378 e. The Bertz CT molecular complexity index is 215. The van der Waals surface area contributed by atoms with Gasteiger partial charge in [0.1, 0.15) is 0 Å². The van der Waals surface area contributed by atoms with Crippen molar-refractivity contribution in [1.29, 1.82) is 0 Å². The summed E-state index contributed by atoms with van der Waals surface area (Å²) in [6.45, 7) is 7.99. The van der Waals surface area contributed by atoms with E-state index >= 15 is 0 Å². The second-order valence-electron chi connectivity index (χ2n) is 4.70. The van der Waals surface area contributed by atoms with Gasteiger partial charge in [-0.25, -0.2) is 4.79 Å². The highest BCUT2D eigenvalue weighted by Crippen LogP contribution is 2.11. The lowest BCUT2D eigenvalue weighted by Gasteiger charge is -2.27. The number of rotatable bonds is 6. The summed E-state index contributed by atoms with van der Waals surface area (Å²) in [7, 11) is 0. The number of nitrogens with zero attached hydrogens (tertiary/aromatic N) is 1. The fraction of sp³-hybridized carbons (Fsp3) is 0.923. The first-order valence-electron chi connectivity index (χ1n) is 6.88. The highest BCUT2D eigenvalue weighted by molar-refractivity contribution is 5.74. The number of carbonyl (C=O) groups excluding carboxylic acids is 1. The molecule has 1 fully saturated rings. The fourth-order valence-electron chi connectivity index (χ4n) is 2.05. The first kappa shape index (κ1) is 14.3. The van der Waals surface area contributed by atoms with Crippen LogP contribution in [-0.4, -0.2) is 43.8 Å². The van der Waals surface area contributed by atoms with E-state index in [0.717, 1.165) is 26.1 Å². The smallest absolute Gasteiger partial charge is 0.317 e. The lowest BCUT2D eigenvalue weighted by atomic mass is 9.99. The second-order valence-corrected chi connectivity index (χ2v) is 4.70. The van der Waals surface area contributed by atoms with Crippen molar-refractivity contribution >= 4 is 6.03 Å². The predicted octanol–water partition coefficient (Wildman–Crippen LogP) is 2.24. The van der Waals surface area contributed by atoms with Crippen LogP contribution < -0.4 is 5.32 Å². The third-order valence-electron chi connectivity index (χ3n) is 3.38. The zero-order valence-electron chi connectivity index (χ0n) is 11.2. The molecule has 1 heterocycles. The van der Waals surface area contributed by atoms with E-state index in [4.69, 9.17) is 4.74 Å². The van der Waals surface area contributed by atoms with Crippen LogP contribution in [0.1, 0.15) is 39.5 Å². The third-order valence-corrected chi connectivity index (χ3v) is 3.38. The van der Waals surface area contributed by atoms with Gasteiger partial charge in [-0.1, -0.05) is 33.1 Å². The molecule has 0 aromatic carbocycles. The van der Waals surface area contributed by atoms with Gasteiger partial charge in [0, 0.05) is 19.6 Å². The molecule has 2 amide bonds. The van der Waals surface area contributed by atoms with E-state index in [0.29, 0.717) is 19.1 Å². The number of hydrogen-bond donors (Lipinski definition) is 1. The molecule has 1 rings (SSSR count). The van der Waals surface area contributed by atoms with Crippen molar-refractivity contribution < 1.29 is 9.53 Å². The second kappa shape index (κ2) is 8.34. The highest BCUT2D eigenvalue weighted by atomic mass is 16.5.